The van der Waals surface area contributed by atoms with Crippen molar-refractivity contribution in [2.75, 3.05) is 11.9 Å². The lowest BCUT2D eigenvalue weighted by molar-refractivity contribution is -0.136. The number of nitrogens with one attached hydrogen (secondary N) is 2. The first-order valence-corrected chi connectivity index (χ1v) is 7.02. The molecule has 0 spiro atoms. The van der Waals surface area contributed by atoms with Crippen molar-refractivity contribution >= 4 is 29.1 Å². The summed E-state index contributed by atoms with van der Waals surface area (Å²) in [6, 6.07) is 15.4. The normalized spacial score (nSPS) is 11.5. The molecule has 0 aliphatic carbocycles. The first-order chi connectivity index (χ1) is 10.6. The van der Waals surface area contributed by atoms with E-state index in [0.29, 0.717) is 16.3 Å². The van der Waals surface area contributed by atoms with Crippen molar-refractivity contribution in [2.24, 2.45) is 0 Å². The first-order valence-electron chi connectivity index (χ1n) is 6.64. The van der Waals surface area contributed by atoms with Gasteiger partial charge in [-0.2, -0.15) is 0 Å². The molecule has 0 aliphatic heterocycles. The van der Waals surface area contributed by atoms with Gasteiger partial charge in [-0.3, -0.25) is 9.59 Å². The van der Waals surface area contributed by atoms with Crippen molar-refractivity contribution in [1.29, 1.82) is 0 Å². The van der Waals surface area contributed by atoms with E-state index >= 15 is 0 Å². The molecule has 0 radical (unpaired) electrons. The zero-order valence-corrected chi connectivity index (χ0v) is 12.4. The van der Waals surface area contributed by atoms with Gasteiger partial charge in [-0.05, 0) is 18.2 Å². The van der Waals surface area contributed by atoms with Gasteiger partial charge in [0.1, 0.15) is 0 Å². The van der Waals surface area contributed by atoms with E-state index in [2.05, 4.69) is 10.6 Å². The number of para-hydroxylation sites is 1. The largest absolute Gasteiger partial charge is 0.387 e. The van der Waals surface area contributed by atoms with Gasteiger partial charge in [-0.25, -0.2) is 0 Å². The number of carbonyl (C=O) groups is 2. The molecule has 1 atom stereocenters. The number of aliphatic hydroxyl groups excluding tert-OH is 1. The topological polar surface area (TPSA) is 78.4 Å². The molecule has 0 fully saturated rings. The lowest BCUT2D eigenvalue weighted by Crippen LogP contribution is -2.37. The highest BCUT2D eigenvalue weighted by atomic mass is 35.5. The number of carbonyl (C=O) groups excluding carboxylic acids is 2. The lowest BCUT2D eigenvalue weighted by atomic mass is 10.1. The van der Waals surface area contributed by atoms with Gasteiger partial charge >= 0.3 is 11.8 Å². The SMILES string of the molecule is O=C(NC[C@@H](O)c1ccccc1Cl)C(=O)Nc1ccccc1. The van der Waals surface area contributed by atoms with E-state index in [1.54, 1.807) is 54.6 Å². The summed E-state index contributed by atoms with van der Waals surface area (Å²) in [5.74, 6) is -1.62. The second kappa shape index (κ2) is 7.59. The van der Waals surface area contributed by atoms with Gasteiger partial charge in [0.05, 0.1) is 6.10 Å². The molecular formula is C16H15ClN2O3. The van der Waals surface area contributed by atoms with Crippen LogP contribution in [0, 0.1) is 0 Å². The number of aliphatic hydroxyl groups is 1. The molecule has 2 aromatic carbocycles. The number of anilines is 1. The molecule has 3 N–H and O–H groups in total. The first kappa shape index (κ1) is 16.0. The number of rotatable bonds is 4. The number of halogens is 1. The molecule has 2 rings (SSSR count). The third kappa shape index (κ3) is 4.31. The predicted molar refractivity (Wildman–Crippen MR) is 84.5 cm³/mol. The van der Waals surface area contributed by atoms with Crippen LogP contribution in [0.5, 0.6) is 0 Å². The third-order valence-electron chi connectivity index (χ3n) is 2.96. The third-order valence-corrected chi connectivity index (χ3v) is 3.30. The van der Waals surface area contributed by atoms with Crippen molar-refractivity contribution in [3.05, 3.63) is 65.2 Å². The van der Waals surface area contributed by atoms with E-state index in [0.717, 1.165) is 0 Å². The summed E-state index contributed by atoms with van der Waals surface area (Å²) in [4.78, 5) is 23.4. The fourth-order valence-electron chi connectivity index (χ4n) is 1.83. The van der Waals surface area contributed by atoms with Crippen LogP contribution in [0.4, 0.5) is 5.69 Å². The minimum atomic E-state index is -0.984. The molecule has 0 bridgehead atoms. The van der Waals surface area contributed by atoms with Crippen LogP contribution in [-0.4, -0.2) is 23.5 Å². The monoisotopic (exact) mass is 318 g/mol. The number of amides is 2. The molecule has 0 unspecified atom stereocenters. The predicted octanol–water partition coefficient (Wildman–Crippen LogP) is 2.13. The summed E-state index contributed by atoms with van der Waals surface area (Å²) in [7, 11) is 0. The van der Waals surface area contributed by atoms with Crippen LogP contribution < -0.4 is 10.6 Å². The fourth-order valence-corrected chi connectivity index (χ4v) is 2.10. The van der Waals surface area contributed by atoms with Crippen LogP contribution >= 0.6 is 11.6 Å². The fraction of sp³-hybridized carbons (Fsp3) is 0.125. The average Bonchev–Trinajstić information content (AvgIpc) is 2.53. The molecule has 0 aliphatic rings. The number of hydrogen-bond donors (Lipinski definition) is 3. The summed E-state index contributed by atoms with van der Waals surface area (Å²) in [5.41, 5.74) is 1.02. The van der Waals surface area contributed by atoms with Crippen molar-refractivity contribution in [1.82, 2.24) is 5.32 Å². The molecule has 0 heterocycles. The van der Waals surface area contributed by atoms with Crippen LogP contribution in [0.3, 0.4) is 0 Å². The maximum Gasteiger partial charge on any atom is 0.313 e. The van der Waals surface area contributed by atoms with E-state index in [1.807, 2.05) is 0 Å². The maximum atomic E-state index is 11.7. The smallest absolute Gasteiger partial charge is 0.313 e. The molecule has 0 aromatic heterocycles. The Hall–Kier alpha value is -2.37. The molecule has 0 saturated carbocycles. The Kier molecular flexibility index (Phi) is 5.52. The minimum Gasteiger partial charge on any atom is -0.387 e. The van der Waals surface area contributed by atoms with Crippen molar-refractivity contribution in [3.63, 3.8) is 0 Å². The summed E-state index contributed by atoms with van der Waals surface area (Å²) >= 11 is 5.95. The summed E-state index contributed by atoms with van der Waals surface area (Å²) in [6.45, 7) is -0.106. The Balaban J connectivity index is 1.87. The Bertz CT molecular complexity index is 661. The van der Waals surface area contributed by atoms with E-state index in [4.69, 9.17) is 11.6 Å². The average molecular weight is 319 g/mol. The molecule has 2 amide bonds. The zero-order chi connectivity index (χ0) is 15.9. The van der Waals surface area contributed by atoms with Crippen molar-refractivity contribution in [3.8, 4) is 0 Å². The summed E-state index contributed by atoms with van der Waals surface area (Å²) in [6.07, 6.45) is -0.984. The van der Waals surface area contributed by atoms with Gasteiger partial charge in [0.2, 0.25) is 0 Å². The summed E-state index contributed by atoms with van der Waals surface area (Å²) in [5, 5.41) is 15.2. The van der Waals surface area contributed by atoms with E-state index < -0.39 is 17.9 Å². The van der Waals surface area contributed by atoms with E-state index in [-0.39, 0.29) is 6.54 Å². The van der Waals surface area contributed by atoms with Crippen LogP contribution in [0.2, 0.25) is 5.02 Å². The van der Waals surface area contributed by atoms with Crippen molar-refractivity contribution in [2.45, 2.75) is 6.10 Å². The molecule has 22 heavy (non-hydrogen) atoms. The second-order valence-electron chi connectivity index (χ2n) is 4.57. The maximum absolute atomic E-state index is 11.7. The van der Waals surface area contributed by atoms with Gasteiger partial charge in [-0.15, -0.1) is 0 Å². The van der Waals surface area contributed by atoms with Crippen LogP contribution in [0.25, 0.3) is 0 Å². The highest BCUT2D eigenvalue weighted by molar-refractivity contribution is 6.39. The number of hydrogen-bond acceptors (Lipinski definition) is 3. The number of benzene rings is 2. The molecule has 5 nitrogen and oxygen atoms in total. The minimum absolute atomic E-state index is 0.106. The van der Waals surface area contributed by atoms with Gasteiger partial charge < -0.3 is 15.7 Å². The highest BCUT2D eigenvalue weighted by Gasteiger charge is 2.17. The molecule has 2 aromatic rings. The van der Waals surface area contributed by atoms with Crippen molar-refractivity contribution < 1.29 is 14.7 Å². The van der Waals surface area contributed by atoms with Gasteiger partial charge in [-0.1, -0.05) is 48.0 Å². The zero-order valence-electron chi connectivity index (χ0n) is 11.6. The second-order valence-corrected chi connectivity index (χ2v) is 4.97. The Morgan fingerprint density at radius 3 is 2.32 bits per heavy atom. The Morgan fingerprint density at radius 1 is 1.00 bits per heavy atom. The standard InChI is InChI=1S/C16H15ClN2O3/c17-13-9-5-4-8-12(13)14(20)10-18-15(21)16(22)19-11-6-2-1-3-7-11/h1-9,14,20H,10H2,(H,18,21)(H,19,22)/t14-/m1/s1. The Morgan fingerprint density at radius 2 is 1.64 bits per heavy atom. The quantitative estimate of drug-likeness (QED) is 0.756. The Labute approximate surface area is 132 Å². The van der Waals surface area contributed by atoms with Gasteiger partial charge in [0.25, 0.3) is 0 Å². The van der Waals surface area contributed by atoms with E-state index in [1.165, 1.54) is 0 Å². The molecule has 0 saturated heterocycles. The highest BCUT2D eigenvalue weighted by Crippen LogP contribution is 2.21. The molecular weight excluding hydrogens is 304 g/mol. The summed E-state index contributed by atoms with van der Waals surface area (Å²) < 4.78 is 0. The lowest BCUT2D eigenvalue weighted by Gasteiger charge is -2.13. The van der Waals surface area contributed by atoms with Gasteiger partial charge in [0.15, 0.2) is 0 Å². The van der Waals surface area contributed by atoms with Crippen LogP contribution in [0.15, 0.2) is 54.6 Å². The van der Waals surface area contributed by atoms with E-state index in [9.17, 15) is 14.7 Å². The van der Waals surface area contributed by atoms with Crippen LogP contribution in [0.1, 0.15) is 11.7 Å². The molecule has 6 heteroatoms. The van der Waals surface area contributed by atoms with Crippen LogP contribution in [-0.2, 0) is 9.59 Å². The van der Waals surface area contributed by atoms with Gasteiger partial charge in [0, 0.05) is 22.8 Å². The molecule has 114 valence electrons.